The summed E-state index contributed by atoms with van der Waals surface area (Å²) in [6.45, 7) is 3.79. The van der Waals surface area contributed by atoms with E-state index in [0.29, 0.717) is 12.1 Å². The van der Waals surface area contributed by atoms with E-state index >= 15 is 0 Å². The summed E-state index contributed by atoms with van der Waals surface area (Å²) in [5.74, 6) is 0. The van der Waals surface area contributed by atoms with Crippen LogP contribution >= 0.6 is 0 Å². The van der Waals surface area contributed by atoms with Gasteiger partial charge in [-0.3, -0.25) is 0 Å². The lowest BCUT2D eigenvalue weighted by Crippen LogP contribution is -2.33. The van der Waals surface area contributed by atoms with Crippen molar-refractivity contribution in [1.82, 2.24) is 0 Å². The highest BCUT2D eigenvalue weighted by atomic mass is 32.2. The van der Waals surface area contributed by atoms with Gasteiger partial charge in [-0.05, 0) is 25.5 Å². The number of benzene rings is 1. The molecule has 1 atom stereocenters. The molecule has 0 aliphatic heterocycles. The van der Waals surface area contributed by atoms with E-state index in [1.54, 1.807) is 25.1 Å². The minimum atomic E-state index is -3.75. The average Bonchev–Trinajstić information content (AvgIpc) is 2.26. The third-order valence-electron chi connectivity index (χ3n) is 2.61. The van der Waals surface area contributed by atoms with Crippen LogP contribution in [0.5, 0.6) is 0 Å². The number of aliphatic hydroxyl groups is 1. The summed E-state index contributed by atoms with van der Waals surface area (Å²) in [5, 5.41) is 17.8. The lowest BCUT2D eigenvalue weighted by molar-refractivity contribution is 0.0697. The van der Waals surface area contributed by atoms with Gasteiger partial charge in [-0.15, -0.1) is 0 Å². The van der Waals surface area contributed by atoms with Crippen molar-refractivity contribution in [2.24, 2.45) is 5.14 Å². The van der Waals surface area contributed by atoms with E-state index in [-0.39, 0.29) is 11.4 Å². The van der Waals surface area contributed by atoms with Gasteiger partial charge in [-0.25, -0.2) is 13.6 Å². The number of nitrogens with two attached hydrogens (primary N) is 1. The smallest absolute Gasteiger partial charge is 0.240 e. The van der Waals surface area contributed by atoms with Gasteiger partial charge in [0.25, 0.3) is 0 Å². The highest BCUT2D eigenvalue weighted by Gasteiger charge is 2.19. The van der Waals surface area contributed by atoms with Crippen molar-refractivity contribution in [3.05, 3.63) is 24.3 Å². The number of sulfonamides is 1. The van der Waals surface area contributed by atoms with Crippen LogP contribution in [0.2, 0.25) is 0 Å². The van der Waals surface area contributed by atoms with Crippen molar-refractivity contribution in [3.63, 3.8) is 0 Å². The van der Waals surface area contributed by atoms with Gasteiger partial charge in [0.15, 0.2) is 0 Å². The minimum absolute atomic E-state index is 0.0342. The molecule has 0 amide bonds. The van der Waals surface area contributed by atoms with Gasteiger partial charge in [0, 0.05) is 6.54 Å². The molecule has 0 aliphatic carbocycles. The molecule has 5 nitrogen and oxygen atoms in total. The van der Waals surface area contributed by atoms with Crippen LogP contribution in [0.15, 0.2) is 29.2 Å². The van der Waals surface area contributed by atoms with Crippen molar-refractivity contribution >= 4 is 15.7 Å². The predicted molar refractivity (Wildman–Crippen MR) is 67.2 cm³/mol. The maximum atomic E-state index is 11.3. The second-order valence-corrected chi connectivity index (χ2v) is 5.78. The first-order chi connectivity index (χ1) is 7.76. The quantitative estimate of drug-likeness (QED) is 0.732. The van der Waals surface area contributed by atoms with Gasteiger partial charge in [0.1, 0.15) is 4.90 Å². The topological polar surface area (TPSA) is 92.4 Å². The van der Waals surface area contributed by atoms with E-state index in [0.717, 1.165) is 0 Å². The summed E-state index contributed by atoms with van der Waals surface area (Å²) < 4.78 is 22.6. The van der Waals surface area contributed by atoms with Gasteiger partial charge in [-0.1, -0.05) is 19.1 Å². The van der Waals surface area contributed by atoms with E-state index in [1.807, 2.05) is 6.92 Å². The first-order valence-corrected chi connectivity index (χ1v) is 6.89. The summed E-state index contributed by atoms with van der Waals surface area (Å²) in [6.07, 6.45) is 0.567. The molecule has 0 heterocycles. The predicted octanol–water partition coefficient (Wildman–Crippen LogP) is 0.907. The molecule has 1 aromatic rings. The SMILES string of the molecule is CCC(C)(O)CNc1ccccc1S(N)(=O)=O. The fourth-order valence-electron chi connectivity index (χ4n) is 1.27. The third-order valence-corrected chi connectivity index (χ3v) is 3.58. The molecular weight excluding hydrogens is 240 g/mol. The van der Waals surface area contributed by atoms with E-state index < -0.39 is 15.6 Å². The standard InChI is InChI=1S/C11H18N2O3S/c1-3-11(2,14)8-13-9-6-4-5-7-10(9)17(12,15)16/h4-7,13-14H,3,8H2,1-2H3,(H2,12,15,16). The first kappa shape index (κ1) is 14.0. The summed E-state index contributed by atoms with van der Waals surface area (Å²) >= 11 is 0. The molecule has 0 saturated carbocycles. The normalized spacial score (nSPS) is 15.3. The van der Waals surface area contributed by atoms with E-state index in [4.69, 9.17) is 5.14 Å². The third kappa shape index (κ3) is 3.99. The molecule has 4 N–H and O–H groups in total. The van der Waals surface area contributed by atoms with Crippen LogP contribution in [-0.4, -0.2) is 25.7 Å². The maximum absolute atomic E-state index is 11.3. The van der Waals surface area contributed by atoms with E-state index in [9.17, 15) is 13.5 Å². The first-order valence-electron chi connectivity index (χ1n) is 5.34. The number of hydrogen-bond donors (Lipinski definition) is 3. The Morgan fingerprint density at radius 2 is 2.00 bits per heavy atom. The van der Waals surface area contributed by atoms with Crippen LogP contribution in [0.3, 0.4) is 0 Å². The second kappa shape index (κ2) is 5.03. The van der Waals surface area contributed by atoms with Gasteiger partial charge < -0.3 is 10.4 Å². The van der Waals surface area contributed by atoms with Gasteiger partial charge in [0.2, 0.25) is 10.0 Å². The van der Waals surface area contributed by atoms with E-state index in [2.05, 4.69) is 5.32 Å². The van der Waals surface area contributed by atoms with Crippen LogP contribution in [0.25, 0.3) is 0 Å². The van der Waals surface area contributed by atoms with Crippen molar-refractivity contribution in [2.45, 2.75) is 30.8 Å². The molecule has 0 spiro atoms. The molecule has 1 rings (SSSR count). The minimum Gasteiger partial charge on any atom is -0.388 e. The number of rotatable bonds is 5. The highest BCUT2D eigenvalue weighted by Crippen LogP contribution is 2.20. The van der Waals surface area contributed by atoms with Crippen LogP contribution in [0.4, 0.5) is 5.69 Å². The van der Waals surface area contributed by atoms with Crippen LogP contribution in [-0.2, 0) is 10.0 Å². The zero-order valence-electron chi connectivity index (χ0n) is 9.97. The average molecular weight is 258 g/mol. The Balaban J connectivity index is 2.93. The lowest BCUT2D eigenvalue weighted by Gasteiger charge is -2.23. The van der Waals surface area contributed by atoms with Crippen molar-refractivity contribution in [3.8, 4) is 0 Å². The Hall–Kier alpha value is -1.11. The maximum Gasteiger partial charge on any atom is 0.240 e. The zero-order chi connectivity index (χ0) is 13.1. The van der Waals surface area contributed by atoms with Gasteiger partial charge >= 0.3 is 0 Å². The Bertz CT molecular complexity index is 483. The lowest BCUT2D eigenvalue weighted by atomic mass is 10.0. The number of hydrogen-bond acceptors (Lipinski definition) is 4. The highest BCUT2D eigenvalue weighted by molar-refractivity contribution is 7.89. The van der Waals surface area contributed by atoms with Gasteiger partial charge in [-0.2, -0.15) is 0 Å². The number of para-hydroxylation sites is 1. The van der Waals surface area contributed by atoms with Crippen molar-refractivity contribution < 1.29 is 13.5 Å². The molecule has 0 aliphatic rings. The number of anilines is 1. The Labute approximate surface area is 102 Å². The summed E-state index contributed by atoms with van der Waals surface area (Å²) in [4.78, 5) is 0.0342. The monoisotopic (exact) mass is 258 g/mol. The largest absolute Gasteiger partial charge is 0.388 e. The fourth-order valence-corrected chi connectivity index (χ4v) is 1.99. The van der Waals surface area contributed by atoms with Crippen LogP contribution < -0.4 is 10.5 Å². The number of primary sulfonamides is 1. The Kier molecular flexibility index (Phi) is 4.13. The van der Waals surface area contributed by atoms with Crippen LogP contribution in [0, 0.1) is 0 Å². The number of nitrogens with one attached hydrogen (secondary N) is 1. The Morgan fingerprint density at radius 3 is 2.53 bits per heavy atom. The molecule has 0 radical (unpaired) electrons. The fraction of sp³-hybridized carbons (Fsp3) is 0.455. The molecule has 0 saturated heterocycles. The molecule has 0 bridgehead atoms. The molecule has 1 aromatic carbocycles. The molecule has 96 valence electrons. The zero-order valence-corrected chi connectivity index (χ0v) is 10.8. The van der Waals surface area contributed by atoms with Gasteiger partial charge in [0.05, 0.1) is 11.3 Å². The Morgan fingerprint density at radius 1 is 1.41 bits per heavy atom. The molecule has 0 fully saturated rings. The summed E-state index contributed by atoms with van der Waals surface area (Å²) in [6, 6.07) is 6.35. The second-order valence-electron chi connectivity index (χ2n) is 4.25. The summed E-state index contributed by atoms with van der Waals surface area (Å²) in [5.41, 5.74) is -0.477. The van der Waals surface area contributed by atoms with E-state index in [1.165, 1.54) is 6.07 Å². The molecular formula is C11H18N2O3S. The van der Waals surface area contributed by atoms with Crippen molar-refractivity contribution in [2.75, 3.05) is 11.9 Å². The molecule has 6 heteroatoms. The summed E-state index contributed by atoms with van der Waals surface area (Å²) in [7, 11) is -3.75. The van der Waals surface area contributed by atoms with Crippen molar-refractivity contribution in [1.29, 1.82) is 0 Å². The molecule has 1 unspecified atom stereocenters. The molecule has 0 aromatic heterocycles. The van der Waals surface area contributed by atoms with Crippen LogP contribution in [0.1, 0.15) is 20.3 Å². The molecule has 17 heavy (non-hydrogen) atoms.